The van der Waals surface area contributed by atoms with Crippen molar-refractivity contribution >= 4 is 5.97 Å². The molecule has 0 radical (unpaired) electrons. The maximum absolute atomic E-state index is 10.5. The van der Waals surface area contributed by atoms with Gasteiger partial charge in [-0.05, 0) is 17.5 Å². The van der Waals surface area contributed by atoms with E-state index in [1.54, 1.807) is 0 Å². The van der Waals surface area contributed by atoms with E-state index in [4.69, 9.17) is 15.6 Å². The summed E-state index contributed by atoms with van der Waals surface area (Å²) in [5.74, 6) is -0.289. The summed E-state index contributed by atoms with van der Waals surface area (Å²) >= 11 is 0. The Hall–Kier alpha value is -1.39. The zero-order valence-corrected chi connectivity index (χ0v) is 9.63. The Morgan fingerprint density at radius 2 is 2.06 bits per heavy atom. The summed E-state index contributed by atoms with van der Waals surface area (Å²) in [6, 6.07) is 7.89. The molecule has 4 nitrogen and oxygen atoms in total. The average molecular weight is 235 g/mol. The summed E-state index contributed by atoms with van der Waals surface area (Å²) in [6.07, 6.45) is 0.584. The van der Waals surface area contributed by atoms with E-state index >= 15 is 0 Å². The molecule has 1 heterocycles. The lowest BCUT2D eigenvalue weighted by molar-refractivity contribution is -0.137. The summed E-state index contributed by atoms with van der Waals surface area (Å²) in [7, 11) is 0. The number of carboxylic acid groups (broad SMARTS) is 1. The van der Waals surface area contributed by atoms with Gasteiger partial charge in [0.2, 0.25) is 0 Å². The molecule has 0 bridgehead atoms. The highest BCUT2D eigenvalue weighted by Crippen LogP contribution is 2.25. The third-order valence-corrected chi connectivity index (χ3v) is 3.14. The molecular formula is C13H17NO3. The predicted molar refractivity (Wildman–Crippen MR) is 63.8 cm³/mol. The fourth-order valence-electron chi connectivity index (χ4n) is 1.89. The minimum Gasteiger partial charge on any atom is -0.481 e. The molecule has 1 saturated heterocycles. The fourth-order valence-corrected chi connectivity index (χ4v) is 1.89. The minimum absolute atomic E-state index is 0.110. The zero-order valence-electron chi connectivity index (χ0n) is 9.63. The Morgan fingerprint density at radius 1 is 1.41 bits per heavy atom. The van der Waals surface area contributed by atoms with Gasteiger partial charge >= 0.3 is 5.97 Å². The summed E-state index contributed by atoms with van der Waals surface area (Å²) in [6.45, 7) is 1.59. The molecule has 1 aromatic carbocycles. The van der Waals surface area contributed by atoms with Crippen molar-refractivity contribution < 1.29 is 14.6 Å². The van der Waals surface area contributed by atoms with Crippen molar-refractivity contribution in [3.8, 4) is 0 Å². The van der Waals surface area contributed by atoms with Crippen molar-refractivity contribution in [3.05, 3.63) is 35.4 Å². The van der Waals surface area contributed by atoms with Crippen molar-refractivity contribution in [2.24, 2.45) is 5.73 Å². The predicted octanol–water partition coefficient (Wildman–Crippen LogP) is 1.66. The molecule has 2 rings (SSSR count). The van der Waals surface area contributed by atoms with Crippen LogP contribution in [0.4, 0.5) is 0 Å². The number of hydrogen-bond acceptors (Lipinski definition) is 3. The molecule has 0 aliphatic carbocycles. The number of carboxylic acids is 1. The second kappa shape index (κ2) is 5.29. The van der Waals surface area contributed by atoms with E-state index in [0.717, 1.165) is 18.8 Å². The second-order valence-corrected chi connectivity index (χ2v) is 4.44. The normalized spacial score (nSPS) is 17.5. The van der Waals surface area contributed by atoms with Gasteiger partial charge in [0.1, 0.15) is 0 Å². The van der Waals surface area contributed by atoms with Crippen LogP contribution < -0.4 is 5.73 Å². The third-order valence-electron chi connectivity index (χ3n) is 3.14. The highest BCUT2D eigenvalue weighted by atomic mass is 16.5. The van der Waals surface area contributed by atoms with Crippen LogP contribution in [-0.4, -0.2) is 24.3 Å². The number of benzene rings is 1. The number of nitrogens with two attached hydrogens (primary N) is 1. The van der Waals surface area contributed by atoms with Crippen LogP contribution in [0.5, 0.6) is 0 Å². The van der Waals surface area contributed by atoms with E-state index in [9.17, 15) is 4.79 Å². The molecule has 1 aliphatic heterocycles. The molecule has 1 aromatic rings. The number of rotatable bonds is 5. The highest BCUT2D eigenvalue weighted by molar-refractivity contribution is 5.66. The van der Waals surface area contributed by atoms with E-state index in [-0.39, 0.29) is 12.5 Å². The van der Waals surface area contributed by atoms with Crippen LogP contribution in [0.15, 0.2) is 24.3 Å². The highest BCUT2D eigenvalue weighted by Gasteiger charge is 2.20. The lowest BCUT2D eigenvalue weighted by Crippen LogP contribution is -2.25. The van der Waals surface area contributed by atoms with Gasteiger partial charge < -0.3 is 15.6 Å². The molecule has 0 saturated carbocycles. The average Bonchev–Trinajstić information content (AvgIpc) is 2.24. The SMILES string of the molecule is NC(CCC(=O)O)c1ccc(C2COC2)cc1. The Kier molecular flexibility index (Phi) is 3.76. The van der Waals surface area contributed by atoms with Gasteiger partial charge in [-0.25, -0.2) is 0 Å². The fraction of sp³-hybridized carbons (Fsp3) is 0.462. The number of aliphatic carboxylic acids is 1. The van der Waals surface area contributed by atoms with Crippen molar-refractivity contribution in [3.63, 3.8) is 0 Å². The van der Waals surface area contributed by atoms with Gasteiger partial charge in [-0.3, -0.25) is 4.79 Å². The zero-order chi connectivity index (χ0) is 12.3. The smallest absolute Gasteiger partial charge is 0.303 e. The Bertz CT molecular complexity index is 384. The van der Waals surface area contributed by atoms with E-state index in [1.165, 1.54) is 5.56 Å². The van der Waals surface area contributed by atoms with Crippen LogP contribution >= 0.6 is 0 Å². The Morgan fingerprint density at radius 3 is 2.53 bits per heavy atom. The largest absolute Gasteiger partial charge is 0.481 e. The van der Waals surface area contributed by atoms with Gasteiger partial charge in [0.25, 0.3) is 0 Å². The Balaban J connectivity index is 1.94. The first-order chi connectivity index (χ1) is 8.16. The molecule has 0 amide bonds. The summed E-state index contributed by atoms with van der Waals surface area (Å²) < 4.78 is 5.14. The van der Waals surface area contributed by atoms with Crippen LogP contribution in [0, 0.1) is 0 Å². The Labute approximate surface area is 100 Å². The van der Waals surface area contributed by atoms with E-state index < -0.39 is 5.97 Å². The second-order valence-electron chi connectivity index (χ2n) is 4.44. The summed E-state index contributed by atoms with van der Waals surface area (Å²) in [5, 5.41) is 8.60. The maximum atomic E-state index is 10.5. The lowest BCUT2D eigenvalue weighted by Gasteiger charge is -2.26. The van der Waals surface area contributed by atoms with Gasteiger partial charge in [0, 0.05) is 18.4 Å². The summed E-state index contributed by atoms with van der Waals surface area (Å²) in [5.41, 5.74) is 8.19. The van der Waals surface area contributed by atoms with Crippen LogP contribution in [0.25, 0.3) is 0 Å². The van der Waals surface area contributed by atoms with E-state index in [2.05, 4.69) is 12.1 Å². The molecule has 0 aromatic heterocycles. The van der Waals surface area contributed by atoms with Crippen molar-refractivity contribution in [2.75, 3.05) is 13.2 Å². The van der Waals surface area contributed by atoms with E-state index in [0.29, 0.717) is 12.3 Å². The molecule has 17 heavy (non-hydrogen) atoms. The van der Waals surface area contributed by atoms with Gasteiger partial charge in [-0.1, -0.05) is 24.3 Å². The monoisotopic (exact) mass is 235 g/mol. The number of ether oxygens (including phenoxy) is 1. The van der Waals surface area contributed by atoms with Gasteiger partial charge in [0.15, 0.2) is 0 Å². The standard InChI is InChI=1S/C13H17NO3/c14-12(5-6-13(15)16)10-3-1-9(2-4-10)11-7-17-8-11/h1-4,11-12H,5-8,14H2,(H,15,16). The molecule has 92 valence electrons. The quantitative estimate of drug-likeness (QED) is 0.814. The molecule has 0 spiro atoms. The van der Waals surface area contributed by atoms with E-state index in [1.807, 2.05) is 12.1 Å². The van der Waals surface area contributed by atoms with Crippen LogP contribution in [0.3, 0.4) is 0 Å². The van der Waals surface area contributed by atoms with Crippen LogP contribution in [-0.2, 0) is 9.53 Å². The molecule has 1 aliphatic rings. The van der Waals surface area contributed by atoms with Crippen molar-refractivity contribution in [1.29, 1.82) is 0 Å². The molecule has 3 N–H and O–H groups in total. The topological polar surface area (TPSA) is 72.6 Å². The van der Waals surface area contributed by atoms with Gasteiger partial charge in [0.05, 0.1) is 13.2 Å². The number of hydrogen-bond donors (Lipinski definition) is 2. The van der Waals surface area contributed by atoms with Gasteiger partial charge in [-0.15, -0.1) is 0 Å². The maximum Gasteiger partial charge on any atom is 0.303 e. The molecule has 1 unspecified atom stereocenters. The van der Waals surface area contributed by atoms with Crippen LogP contribution in [0.2, 0.25) is 0 Å². The first-order valence-electron chi connectivity index (χ1n) is 5.82. The van der Waals surface area contributed by atoms with Gasteiger partial charge in [-0.2, -0.15) is 0 Å². The molecule has 4 heteroatoms. The van der Waals surface area contributed by atoms with Crippen LogP contribution in [0.1, 0.15) is 35.9 Å². The first kappa shape index (κ1) is 12.1. The number of carbonyl (C=O) groups is 1. The molecule has 1 atom stereocenters. The molecular weight excluding hydrogens is 218 g/mol. The first-order valence-corrected chi connectivity index (χ1v) is 5.82. The minimum atomic E-state index is -0.802. The summed E-state index contributed by atoms with van der Waals surface area (Å²) in [4.78, 5) is 10.5. The third kappa shape index (κ3) is 3.05. The van der Waals surface area contributed by atoms with Crippen molar-refractivity contribution in [2.45, 2.75) is 24.8 Å². The van der Waals surface area contributed by atoms with Crippen molar-refractivity contribution in [1.82, 2.24) is 0 Å². The lowest BCUT2D eigenvalue weighted by atomic mass is 9.94. The molecule has 1 fully saturated rings.